The molecule has 11 heterocycles. The molecule has 0 bridgehead atoms. The summed E-state index contributed by atoms with van der Waals surface area (Å²) in [4.78, 5) is 73.6. The number of hydrogen-bond donors (Lipinski definition) is 7. The van der Waals surface area contributed by atoms with Crippen LogP contribution in [-0.2, 0) is 57.8 Å². The van der Waals surface area contributed by atoms with E-state index in [0.29, 0.717) is 104 Å². The Morgan fingerprint density at radius 2 is 0.822 bits per heavy atom. The van der Waals surface area contributed by atoms with Gasteiger partial charge in [0.25, 0.3) is 11.4 Å². The summed E-state index contributed by atoms with van der Waals surface area (Å²) in [5, 5.41) is 91.7. The Bertz CT molecular complexity index is 6490. The first kappa shape index (κ1) is 117. The molecule has 33 heteroatoms. The number of aromatic carboxylic acids is 1. The van der Waals surface area contributed by atoms with Crippen LogP contribution in [0.15, 0.2) is 243 Å². The standard InChI is InChI=1S/C31H34ClN2O4.C30H31ClN2O5.C18H17BrNO3.C18H16BrNO2.C13H18ClNO.C3H4NO3.2K.H/c1-21(35)22-8-13-29-27(18-22)25(26-7-5-16-34(37)28(26)19-38-29)6-4-15-33-17-14-31(36,30(2,3)20-33)23-9-11-24(32)12-10-23;1-29(2)19-32(16-13-30(29,36)21-8-10-22(31)11-9-21)14-3-5-23-24-6-4-15-33(37)26(24)18-38-27-12-7-20(28(34)35)17-25(23)27;1-12(21)13-6-7-18-16(10-13)14(4-2-8-19)15-5-3-9-20(22)17(15)11-23-18;1-12(21)13-6-7-18-16(10-13)14(4-2-8-19)15-5-3-9-20-17(15)11-22-18;1-12(2)9-15-8-7-13(12,16)10-3-5-11(14)6-4-10;1-3(5)7-6-2-4;;;/h5-13,16,18,36-37H,4,14-15,17,19-20H2,1-3H3;4-12,15,17,36H,3,13-14,16,18-19H2,1-2H3,(H,34,35);3-7,9-10,22H,2,8,11H2,1H3;3-7,9-10H,2,8,11H2,1H3;3-6,15-16H,7-9H2,1-2H3;2H,1H3;;;/q+1;;+1;;;-1;2*+1;-1/b25-6+;23-5+;2*14-4+;;;;;. The van der Waals surface area contributed by atoms with Gasteiger partial charge in [0.2, 0.25) is 18.1 Å². The van der Waals surface area contributed by atoms with Crippen molar-refractivity contribution in [2.75, 3.05) is 63.0 Å². The van der Waals surface area contributed by atoms with Gasteiger partial charge in [0.05, 0.1) is 44.8 Å². The van der Waals surface area contributed by atoms with Crippen LogP contribution < -0.4 is 141 Å². The van der Waals surface area contributed by atoms with Gasteiger partial charge in [0, 0.05) is 179 Å². The van der Waals surface area contributed by atoms with E-state index in [-0.39, 0.29) is 164 Å². The van der Waals surface area contributed by atoms with E-state index in [0.717, 1.165) is 193 Å². The van der Waals surface area contributed by atoms with Crippen molar-refractivity contribution in [3.63, 3.8) is 0 Å². The number of nitrogens with one attached hydrogen (secondary N) is 1. The summed E-state index contributed by atoms with van der Waals surface area (Å²) < 4.78 is 26.7. The zero-order valence-corrected chi connectivity index (χ0v) is 95.8. The molecular weight excluding hydrogens is 2100 g/mol. The van der Waals surface area contributed by atoms with E-state index < -0.39 is 34.2 Å². The maximum atomic E-state index is 12.6. The van der Waals surface area contributed by atoms with E-state index in [1.165, 1.54) is 12.3 Å². The van der Waals surface area contributed by atoms with Gasteiger partial charge in [-0.1, -0.05) is 175 Å². The molecule has 7 N–H and O–H groups in total. The van der Waals surface area contributed by atoms with E-state index >= 15 is 0 Å². The predicted octanol–water partition coefficient (Wildman–Crippen LogP) is 15.1. The normalized spacial score (nSPS) is 19.4. The number of ketones is 3. The van der Waals surface area contributed by atoms with Crippen LogP contribution in [0.1, 0.15) is 241 Å². The minimum atomic E-state index is -1.02. The van der Waals surface area contributed by atoms with Gasteiger partial charge in [0.15, 0.2) is 43.4 Å². The average Bonchev–Trinajstić information content (AvgIpc) is 1.38. The number of aliphatic hydroxyl groups is 3. The summed E-state index contributed by atoms with van der Waals surface area (Å²) >= 11 is 24.9. The number of alkyl halides is 2. The van der Waals surface area contributed by atoms with E-state index in [2.05, 4.69) is 134 Å². The molecule has 3 unspecified atom stereocenters. The molecule has 0 saturated carbocycles. The number of fused-ring (bicyclic) bond motifs is 8. The van der Waals surface area contributed by atoms with Crippen molar-refractivity contribution in [2.24, 2.45) is 16.2 Å². The first-order valence-corrected chi connectivity index (χ1v) is 50.9. The first-order valence-electron chi connectivity index (χ1n) is 47.5. The first-order chi connectivity index (χ1) is 68.7. The molecule has 0 radical (unpaired) electrons. The van der Waals surface area contributed by atoms with E-state index in [1.807, 2.05) is 140 Å². The van der Waals surface area contributed by atoms with Crippen molar-refractivity contribution in [3.05, 3.63) is 375 Å². The Kier molecular flexibility index (Phi) is 42.3. The van der Waals surface area contributed by atoms with Crippen LogP contribution in [0, 0.1) is 21.5 Å². The van der Waals surface area contributed by atoms with E-state index in [9.17, 15) is 60.0 Å². The number of carboxylic acids is 1. The number of allylic oxidation sites excluding steroid dienone is 2. The topological polar surface area (TPSA) is 351 Å². The number of carbonyl (C=O) groups is 5. The van der Waals surface area contributed by atoms with Crippen LogP contribution in [-0.4, -0.2) is 144 Å². The van der Waals surface area contributed by atoms with Gasteiger partial charge in [-0.3, -0.25) is 34.7 Å². The molecule has 7 aromatic carbocycles. The summed E-state index contributed by atoms with van der Waals surface area (Å²) in [6, 6.07) is 58.9. The quantitative estimate of drug-likeness (QED) is 0.00378. The van der Waals surface area contributed by atoms with Gasteiger partial charge in [0.1, 0.15) is 29.6 Å². The van der Waals surface area contributed by atoms with Gasteiger partial charge < -0.3 is 71.4 Å². The van der Waals surface area contributed by atoms with Crippen LogP contribution in [0.4, 0.5) is 0 Å². The Morgan fingerprint density at radius 3 is 1.18 bits per heavy atom. The zero-order chi connectivity index (χ0) is 104. The number of rotatable bonds is 19. The number of hydrogen-bond acceptors (Lipinski definition) is 21. The van der Waals surface area contributed by atoms with Crippen molar-refractivity contribution >= 4 is 125 Å². The Balaban J connectivity index is 0.000000190. The number of halogens is 5. The van der Waals surface area contributed by atoms with Crippen molar-refractivity contribution in [1.82, 2.24) is 20.1 Å². The molecule has 3 fully saturated rings. The largest absolute Gasteiger partial charge is 1.00 e. The molecule has 11 aromatic rings. The van der Waals surface area contributed by atoms with E-state index in [1.54, 1.807) is 81.8 Å². The van der Waals surface area contributed by atoms with Crippen molar-refractivity contribution < 1.29 is 202 Å². The van der Waals surface area contributed by atoms with Gasteiger partial charge in [-0.25, -0.2) is 9.59 Å². The number of Topliss-reactive ketones (excluding diaryl/α,β-unsaturated/α-hetero) is 3. The number of ether oxygens (including phenoxy) is 4. The molecule has 0 amide bonds. The summed E-state index contributed by atoms with van der Waals surface area (Å²) in [6.45, 7) is 25.6. The van der Waals surface area contributed by atoms with Gasteiger partial charge in [-0.2, -0.15) is 4.73 Å². The minimum Gasteiger partial charge on any atom is -1.00 e. The SMILES string of the molecule is CC(=O)OOC=[N-].CC(=O)c1ccc2c(c1)/C(=C/CCBr)c1ccc[n+](O)c1CO2.CC(=O)c1ccc2c(c1)/C(=C/CCBr)c1cccnc1CO2.CC(=O)c1ccc2c(c1)/C(=C/CCN1CCC(O)(c3ccc(Cl)cc3)C(C)(C)C1)c1ccc[n+](O)c1CO2.CC1(C)CN(CC/C=C2/c3cc(C(=O)O)ccc3OCc3c2ccc[n+]3[O-])CCC1(O)c1ccc(Cl)cc1.CC1(C)CNCCC1(O)c1ccc(Cl)cc1.[H-].[K+].[K+]. The Morgan fingerprint density at radius 1 is 0.473 bits per heavy atom. The number of aromatic nitrogens is 4. The van der Waals surface area contributed by atoms with Gasteiger partial charge in [-0.05, 0) is 245 Å². The summed E-state index contributed by atoms with van der Waals surface area (Å²) in [6.07, 6.45) is 20.3. The van der Waals surface area contributed by atoms with Crippen LogP contribution in [0.5, 0.6) is 23.0 Å². The van der Waals surface area contributed by atoms with Crippen LogP contribution in [0.3, 0.4) is 0 Å². The predicted molar refractivity (Wildman–Crippen MR) is 562 cm³/mol. The molecular formula is C113H121Br2Cl3K2N8O18+2. The fourth-order valence-electron chi connectivity index (χ4n) is 19.3. The number of piperidine rings is 3. The maximum Gasteiger partial charge on any atom is 1.00 e. The molecule has 0 aliphatic carbocycles. The third-order valence-corrected chi connectivity index (χ3v) is 29.0. The second kappa shape index (κ2) is 52.6. The Hall–Kier alpha value is -9.02. The number of likely N-dealkylation sites (tertiary alicyclic amines) is 2. The van der Waals surface area contributed by atoms with Crippen molar-refractivity contribution in [3.8, 4) is 23.0 Å². The van der Waals surface area contributed by atoms with Crippen LogP contribution in [0.2, 0.25) is 15.1 Å². The number of carbonyl (C=O) groups excluding carboxylic acids is 4. The fraction of sp³-hybridized carbons (Fsp3) is 0.327. The van der Waals surface area contributed by atoms with Crippen molar-refractivity contribution in [2.45, 2.75) is 157 Å². The molecule has 26 nitrogen and oxygen atoms in total. The summed E-state index contributed by atoms with van der Waals surface area (Å²) in [5.74, 6) is 1.17. The third-order valence-electron chi connectivity index (χ3n) is 27.4. The number of nitrogens with zero attached hydrogens (tertiary/aromatic N) is 7. The zero-order valence-electron chi connectivity index (χ0n) is 85.1. The molecule has 146 heavy (non-hydrogen) atoms. The monoisotopic (exact) mass is 2220 g/mol. The molecule has 7 aliphatic rings. The molecule has 4 aromatic heterocycles. The molecule has 756 valence electrons. The Labute approximate surface area is 970 Å². The van der Waals surface area contributed by atoms with Crippen LogP contribution >= 0.6 is 66.7 Å². The molecule has 0 spiro atoms. The smallest absolute Gasteiger partial charge is 1.00 e. The van der Waals surface area contributed by atoms with Gasteiger partial charge in [-0.15, -0.1) is 0 Å². The molecule has 3 saturated heterocycles. The van der Waals surface area contributed by atoms with Crippen LogP contribution in [0.25, 0.3) is 27.7 Å². The second-order valence-electron chi connectivity index (χ2n) is 38.1. The second-order valence-corrected chi connectivity index (χ2v) is 41.0. The fourth-order valence-corrected chi connectivity index (χ4v) is 20.1. The molecule has 3 atom stereocenters. The maximum absolute atomic E-state index is 12.6. The summed E-state index contributed by atoms with van der Waals surface area (Å²) in [5.41, 5.74) is 14.8. The number of carboxylic acid groups (broad SMARTS) is 1. The van der Waals surface area contributed by atoms with Gasteiger partial charge >= 0.3 is 115 Å². The average molecular weight is 2220 g/mol. The number of benzene rings is 7. The molecule has 18 rings (SSSR count). The van der Waals surface area contributed by atoms with Crippen molar-refractivity contribution in [1.29, 1.82) is 0 Å². The summed E-state index contributed by atoms with van der Waals surface area (Å²) in [7, 11) is 0. The number of pyridine rings is 4. The minimum absolute atomic E-state index is 0. The molecule has 7 aliphatic heterocycles. The van der Waals surface area contributed by atoms with E-state index in [4.69, 9.17) is 59.2 Å². The third kappa shape index (κ3) is 28.0.